The smallest absolute Gasteiger partial charge is 0.380 e. The summed E-state index contributed by atoms with van der Waals surface area (Å²) in [6.45, 7) is 1.61. The van der Waals surface area contributed by atoms with Crippen LogP contribution < -0.4 is 14.2 Å². The third-order valence-electron chi connectivity index (χ3n) is 5.67. The zero-order chi connectivity index (χ0) is 23.6. The van der Waals surface area contributed by atoms with Crippen molar-refractivity contribution in [2.24, 2.45) is 5.14 Å². The number of hydrogen-bond acceptors (Lipinski definition) is 7. The average molecular weight is 472 g/mol. The molecule has 0 bridgehead atoms. The lowest BCUT2D eigenvalue weighted by molar-refractivity contribution is 0.181. The van der Waals surface area contributed by atoms with E-state index in [0.717, 1.165) is 31.6 Å². The largest absolute Gasteiger partial charge is 0.508 e. The van der Waals surface area contributed by atoms with Crippen molar-refractivity contribution < 1.29 is 22.5 Å². The van der Waals surface area contributed by atoms with Gasteiger partial charge in [0.1, 0.15) is 17.8 Å². The highest BCUT2D eigenvalue weighted by atomic mass is 32.2. The second-order valence-electron chi connectivity index (χ2n) is 7.90. The number of amides is 1. The molecule has 2 heterocycles. The summed E-state index contributed by atoms with van der Waals surface area (Å²) >= 11 is 0. The van der Waals surface area contributed by atoms with Crippen LogP contribution in [-0.2, 0) is 10.3 Å². The SMILES string of the molecule is CN(C(=O)n1cnc(-c2cccc(OS(N)(=O)=O)c2)c1)C1CCN(c2ccc(O)cc2)CC1. The first-order valence-corrected chi connectivity index (χ1v) is 11.8. The Kier molecular flexibility index (Phi) is 6.25. The summed E-state index contributed by atoms with van der Waals surface area (Å²) in [6, 6.07) is 13.3. The number of carbonyl (C=O) groups excluding carboxylic acids is 1. The van der Waals surface area contributed by atoms with Crippen molar-refractivity contribution in [1.29, 1.82) is 0 Å². The van der Waals surface area contributed by atoms with E-state index in [0.29, 0.717) is 11.3 Å². The first-order valence-electron chi connectivity index (χ1n) is 10.4. The van der Waals surface area contributed by atoms with E-state index in [4.69, 9.17) is 9.32 Å². The third-order valence-corrected chi connectivity index (χ3v) is 6.10. The highest BCUT2D eigenvalue weighted by Gasteiger charge is 2.26. The molecule has 3 aromatic rings. The molecule has 1 fully saturated rings. The minimum atomic E-state index is -4.13. The number of phenols is 1. The van der Waals surface area contributed by atoms with Gasteiger partial charge in [0.2, 0.25) is 0 Å². The standard InChI is InChI=1S/C22H25N5O5S/c1-25(17-9-11-26(12-10-17)18-5-7-19(28)8-6-18)22(29)27-14-21(24-15-27)16-3-2-4-20(13-16)32-33(23,30)31/h2-8,13-15,17,28H,9-12H2,1H3,(H2,23,30,31). The van der Waals surface area contributed by atoms with E-state index in [2.05, 4.69) is 9.88 Å². The van der Waals surface area contributed by atoms with Crippen molar-refractivity contribution in [2.45, 2.75) is 18.9 Å². The molecular weight excluding hydrogens is 446 g/mol. The molecule has 174 valence electrons. The van der Waals surface area contributed by atoms with Gasteiger partial charge in [-0.15, -0.1) is 0 Å². The Morgan fingerprint density at radius 1 is 1.18 bits per heavy atom. The van der Waals surface area contributed by atoms with Crippen LogP contribution in [0.15, 0.2) is 61.1 Å². The molecule has 0 saturated carbocycles. The summed E-state index contributed by atoms with van der Waals surface area (Å²) in [5.74, 6) is 0.302. The van der Waals surface area contributed by atoms with Gasteiger partial charge in [0.25, 0.3) is 0 Å². The van der Waals surface area contributed by atoms with Gasteiger partial charge in [0.05, 0.1) is 5.69 Å². The Morgan fingerprint density at radius 2 is 1.88 bits per heavy atom. The lowest BCUT2D eigenvalue weighted by atomic mass is 10.0. The Hall–Kier alpha value is -3.57. The lowest BCUT2D eigenvalue weighted by Crippen LogP contribution is -2.46. The number of anilines is 1. The maximum atomic E-state index is 13.0. The molecule has 0 unspecified atom stereocenters. The lowest BCUT2D eigenvalue weighted by Gasteiger charge is -2.37. The van der Waals surface area contributed by atoms with Gasteiger partial charge in [0, 0.05) is 43.6 Å². The fraction of sp³-hybridized carbons (Fsp3) is 0.273. The Balaban J connectivity index is 1.40. The molecule has 4 rings (SSSR count). The Bertz CT molecular complexity index is 1230. The maximum Gasteiger partial charge on any atom is 0.380 e. The fourth-order valence-electron chi connectivity index (χ4n) is 3.93. The second kappa shape index (κ2) is 9.12. The number of rotatable bonds is 5. The number of phenolic OH excluding ortho intramolecular Hbond substituents is 1. The van der Waals surface area contributed by atoms with E-state index < -0.39 is 10.3 Å². The van der Waals surface area contributed by atoms with Crippen LogP contribution in [0.5, 0.6) is 11.5 Å². The zero-order valence-corrected chi connectivity index (χ0v) is 18.9. The predicted octanol–water partition coefficient (Wildman–Crippen LogP) is 2.41. The normalized spacial score (nSPS) is 14.8. The quantitative estimate of drug-likeness (QED) is 0.584. The number of piperidine rings is 1. The second-order valence-corrected chi connectivity index (χ2v) is 9.05. The van der Waals surface area contributed by atoms with Crippen molar-refractivity contribution in [3.05, 3.63) is 61.1 Å². The number of aromatic nitrogens is 2. The predicted molar refractivity (Wildman–Crippen MR) is 123 cm³/mol. The van der Waals surface area contributed by atoms with Crippen molar-refractivity contribution in [1.82, 2.24) is 14.5 Å². The van der Waals surface area contributed by atoms with Gasteiger partial charge in [-0.25, -0.2) is 9.78 Å². The average Bonchev–Trinajstić information content (AvgIpc) is 3.28. The molecule has 1 aliphatic rings. The topological polar surface area (TPSA) is 131 Å². The molecule has 1 amide bonds. The van der Waals surface area contributed by atoms with Crippen LogP contribution in [0.3, 0.4) is 0 Å². The summed E-state index contributed by atoms with van der Waals surface area (Å²) in [5.41, 5.74) is 2.14. The van der Waals surface area contributed by atoms with Crippen molar-refractivity contribution >= 4 is 22.0 Å². The van der Waals surface area contributed by atoms with E-state index in [1.165, 1.54) is 23.0 Å². The van der Waals surface area contributed by atoms with Gasteiger partial charge in [0.15, 0.2) is 0 Å². The number of hydrogen-bond donors (Lipinski definition) is 2. The Morgan fingerprint density at radius 3 is 2.55 bits per heavy atom. The first kappa shape index (κ1) is 22.6. The fourth-order valence-corrected chi connectivity index (χ4v) is 4.30. The number of nitrogens with zero attached hydrogens (tertiary/aromatic N) is 4. The zero-order valence-electron chi connectivity index (χ0n) is 18.0. The minimum absolute atomic E-state index is 0.0633. The Labute approximate surface area is 192 Å². The molecular formula is C22H25N5O5S. The van der Waals surface area contributed by atoms with Gasteiger partial charge in [-0.3, -0.25) is 4.57 Å². The molecule has 33 heavy (non-hydrogen) atoms. The van der Waals surface area contributed by atoms with Crippen LogP contribution >= 0.6 is 0 Å². The van der Waals surface area contributed by atoms with E-state index in [1.807, 2.05) is 12.1 Å². The molecule has 1 aromatic heterocycles. The van der Waals surface area contributed by atoms with Crippen LogP contribution in [0.2, 0.25) is 0 Å². The summed E-state index contributed by atoms with van der Waals surface area (Å²) < 4.78 is 28.4. The molecule has 0 atom stereocenters. The highest BCUT2D eigenvalue weighted by molar-refractivity contribution is 7.84. The molecule has 0 aliphatic carbocycles. The van der Waals surface area contributed by atoms with E-state index in [9.17, 15) is 18.3 Å². The van der Waals surface area contributed by atoms with Crippen LogP contribution in [0, 0.1) is 0 Å². The molecule has 1 aliphatic heterocycles. The molecule has 11 heteroatoms. The number of carbonyl (C=O) groups is 1. The first-order chi connectivity index (χ1) is 15.7. The molecule has 10 nitrogen and oxygen atoms in total. The minimum Gasteiger partial charge on any atom is -0.508 e. The maximum absolute atomic E-state index is 13.0. The van der Waals surface area contributed by atoms with Crippen molar-refractivity contribution in [3.8, 4) is 22.8 Å². The van der Waals surface area contributed by atoms with Crippen LogP contribution in [0.1, 0.15) is 12.8 Å². The van der Waals surface area contributed by atoms with Crippen LogP contribution in [0.25, 0.3) is 11.3 Å². The number of benzene rings is 2. The molecule has 3 N–H and O–H groups in total. The van der Waals surface area contributed by atoms with Gasteiger partial charge in [-0.1, -0.05) is 12.1 Å². The van der Waals surface area contributed by atoms with Crippen LogP contribution in [0.4, 0.5) is 10.5 Å². The summed E-state index contributed by atoms with van der Waals surface area (Å²) in [7, 11) is -2.35. The monoisotopic (exact) mass is 471 g/mol. The van der Waals surface area contributed by atoms with Crippen LogP contribution in [-0.4, -0.2) is 60.2 Å². The number of aromatic hydroxyl groups is 1. The van der Waals surface area contributed by atoms with E-state index in [-0.39, 0.29) is 23.6 Å². The molecule has 0 radical (unpaired) electrons. The number of nitrogens with two attached hydrogens (primary N) is 1. The summed E-state index contributed by atoms with van der Waals surface area (Å²) in [4.78, 5) is 21.3. The van der Waals surface area contributed by atoms with Crippen molar-refractivity contribution in [3.63, 3.8) is 0 Å². The third kappa shape index (κ3) is 5.44. The summed E-state index contributed by atoms with van der Waals surface area (Å²) in [5, 5.41) is 14.4. The highest BCUT2D eigenvalue weighted by Crippen LogP contribution is 2.26. The van der Waals surface area contributed by atoms with Crippen molar-refractivity contribution in [2.75, 3.05) is 25.0 Å². The molecule has 1 saturated heterocycles. The van der Waals surface area contributed by atoms with Gasteiger partial charge < -0.3 is 19.1 Å². The van der Waals surface area contributed by atoms with E-state index >= 15 is 0 Å². The van der Waals surface area contributed by atoms with Gasteiger partial charge in [-0.05, 0) is 49.2 Å². The number of imidazole rings is 1. The van der Waals surface area contributed by atoms with E-state index in [1.54, 1.807) is 42.4 Å². The molecule has 0 spiro atoms. The summed E-state index contributed by atoms with van der Waals surface area (Å²) in [6.07, 6.45) is 4.67. The van der Waals surface area contributed by atoms with Gasteiger partial charge in [-0.2, -0.15) is 13.6 Å². The molecule has 2 aromatic carbocycles. The van der Waals surface area contributed by atoms with Gasteiger partial charge >= 0.3 is 16.3 Å².